The molecule has 1 fully saturated rings. The van der Waals surface area contributed by atoms with Crippen molar-refractivity contribution in [3.63, 3.8) is 0 Å². The van der Waals surface area contributed by atoms with Crippen molar-refractivity contribution in [2.75, 3.05) is 18.4 Å². The predicted octanol–water partition coefficient (Wildman–Crippen LogP) is 2.14. The molecule has 0 amide bonds. The lowest BCUT2D eigenvalue weighted by Crippen LogP contribution is -2.29. The van der Waals surface area contributed by atoms with Gasteiger partial charge in [0, 0.05) is 36.4 Å². The standard InChI is InChI=1S/C12H15N5S/c1-2-9(8-13-3-1)10-11(15-5-4-14-10)17-12-16-6-7-18-12/h4-7,9,13H,1-3,8H2,(H,15,16,17)/t9-/m1/s1. The van der Waals surface area contributed by atoms with Crippen molar-refractivity contribution < 1.29 is 0 Å². The summed E-state index contributed by atoms with van der Waals surface area (Å²) < 4.78 is 0. The molecule has 0 spiro atoms. The lowest BCUT2D eigenvalue weighted by Gasteiger charge is -2.23. The quantitative estimate of drug-likeness (QED) is 0.886. The molecule has 2 aromatic rings. The number of hydrogen-bond acceptors (Lipinski definition) is 6. The van der Waals surface area contributed by atoms with E-state index in [0.717, 1.165) is 36.2 Å². The highest BCUT2D eigenvalue weighted by molar-refractivity contribution is 7.13. The molecule has 1 saturated heterocycles. The lowest BCUT2D eigenvalue weighted by atomic mass is 9.96. The molecule has 0 bridgehead atoms. The first kappa shape index (κ1) is 11.6. The Kier molecular flexibility index (Phi) is 3.47. The monoisotopic (exact) mass is 261 g/mol. The van der Waals surface area contributed by atoms with E-state index in [1.165, 1.54) is 6.42 Å². The number of nitrogens with zero attached hydrogens (tertiary/aromatic N) is 3. The van der Waals surface area contributed by atoms with Gasteiger partial charge in [-0.05, 0) is 19.4 Å². The molecule has 1 atom stereocenters. The van der Waals surface area contributed by atoms with Crippen molar-refractivity contribution in [1.82, 2.24) is 20.3 Å². The summed E-state index contributed by atoms with van der Waals surface area (Å²) in [7, 11) is 0. The van der Waals surface area contributed by atoms with Gasteiger partial charge in [0.25, 0.3) is 0 Å². The van der Waals surface area contributed by atoms with Gasteiger partial charge in [-0.25, -0.2) is 9.97 Å². The zero-order chi connectivity index (χ0) is 12.2. The van der Waals surface area contributed by atoms with Crippen molar-refractivity contribution in [3.8, 4) is 0 Å². The molecule has 3 heterocycles. The van der Waals surface area contributed by atoms with Crippen LogP contribution in [0.5, 0.6) is 0 Å². The predicted molar refractivity (Wildman–Crippen MR) is 72.3 cm³/mol. The average molecular weight is 261 g/mol. The Labute approximate surface area is 110 Å². The molecular formula is C12H15N5S. The molecule has 0 aliphatic carbocycles. The van der Waals surface area contributed by atoms with Gasteiger partial charge in [-0.2, -0.15) is 0 Å². The molecule has 3 rings (SSSR count). The van der Waals surface area contributed by atoms with Crippen molar-refractivity contribution >= 4 is 22.3 Å². The fraction of sp³-hybridized carbons (Fsp3) is 0.417. The van der Waals surface area contributed by atoms with E-state index in [-0.39, 0.29) is 0 Å². The van der Waals surface area contributed by atoms with E-state index in [1.54, 1.807) is 29.9 Å². The summed E-state index contributed by atoms with van der Waals surface area (Å²) in [6.45, 7) is 2.08. The molecule has 2 N–H and O–H groups in total. The van der Waals surface area contributed by atoms with Gasteiger partial charge in [0.2, 0.25) is 0 Å². The largest absolute Gasteiger partial charge is 0.316 e. The second kappa shape index (κ2) is 5.41. The van der Waals surface area contributed by atoms with Gasteiger partial charge in [-0.15, -0.1) is 11.3 Å². The summed E-state index contributed by atoms with van der Waals surface area (Å²) in [5.74, 6) is 1.27. The zero-order valence-electron chi connectivity index (χ0n) is 9.97. The van der Waals surface area contributed by atoms with Crippen LogP contribution in [0, 0.1) is 0 Å². The first-order chi connectivity index (χ1) is 8.93. The normalized spacial score (nSPS) is 19.7. The van der Waals surface area contributed by atoms with E-state index in [1.807, 2.05) is 5.38 Å². The van der Waals surface area contributed by atoms with Crippen LogP contribution in [0.15, 0.2) is 24.0 Å². The topological polar surface area (TPSA) is 62.7 Å². The number of piperidine rings is 1. The van der Waals surface area contributed by atoms with Crippen LogP contribution >= 0.6 is 11.3 Å². The lowest BCUT2D eigenvalue weighted by molar-refractivity contribution is 0.455. The Morgan fingerprint density at radius 1 is 1.22 bits per heavy atom. The molecular weight excluding hydrogens is 246 g/mol. The SMILES string of the molecule is c1csc(Nc2nccnc2[C@@H]2CCCNC2)n1. The van der Waals surface area contributed by atoms with Crippen LogP contribution in [-0.4, -0.2) is 28.0 Å². The van der Waals surface area contributed by atoms with Gasteiger partial charge in [0.05, 0.1) is 5.69 Å². The summed E-state index contributed by atoms with van der Waals surface area (Å²) >= 11 is 1.57. The van der Waals surface area contributed by atoms with Gasteiger partial charge in [-0.1, -0.05) is 0 Å². The van der Waals surface area contributed by atoms with E-state index in [2.05, 4.69) is 25.6 Å². The summed E-state index contributed by atoms with van der Waals surface area (Å²) in [5, 5.41) is 9.47. The number of nitrogens with one attached hydrogen (secondary N) is 2. The third kappa shape index (κ3) is 2.49. The van der Waals surface area contributed by atoms with Gasteiger partial charge in [0.15, 0.2) is 10.9 Å². The van der Waals surface area contributed by atoms with Crippen LogP contribution in [0.3, 0.4) is 0 Å². The van der Waals surface area contributed by atoms with Crippen molar-refractivity contribution in [2.24, 2.45) is 0 Å². The molecule has 0 saturated carbocycles. The molecule has 1 aliphatic heterocycles. The Morgan fingerprint density at radius 2 is 2.17 bits per heavy atom. The van der Waals surface area contributed by atoms with Crippen molar-refractivity contribution in [3.05, 3.63) is 29.7 Å². The van der Waals surface area contributed by atoms with E-state index in [4.69, 9.17) is 0 Å². The number of hydrogen-bond donors (Lipinski definition) is 2. The minimum absolute atomic E-state index is 0.440. The average Bonchev–Trinajstić information content (AvgIpc) is 2.93. The summed E-state index contributed by atoms with van der Waals surface area (Å²) in [5.41, 5.74) is 1.04. The highest BCUT2D eigenvalue weighted by Crippen LogP contribution is 2.28. The van der Waals surface area contributed by atoms with E-state index < -0.39 is 0 Å². The maximum atomic E-state index is 4.49. The zero-order valence-corrected chi connectivity index (χ0v) is 10.8. The minimum atomic E-state index is 0.440. The summed E-state index contributed by atoms with van der Waals surface area (Å²) in [4.78, 5) is 13.1. The highest BCUT2D eigenvalue weighted by atomic mass is 32.1. The first-order valence-electron chi connectivity index (χ1n) is 6.11. The van der Waals surface area contributed by atoms with Crippen LogP contribution in [0.2, 0.25) is 0 Å². The Balaban J connectivity index is 1.84. The molecule has 2 aromatic heterocycles. The van der Waals surface area contributed by atoms with Crippen molar-refractivity contribution in [1.29, 1.82) is 0 Å². The van der Waals surface area contributed by atoms with E-state index >= 15 is 0 Å². The fourth-order valence-electron chi connectivity index (χ4n) is 2.22. The van der Waals surface area contributed by atoms with Crippen LogP contribution in [0.1, 0.15) is 24.5 Å². The smallest absolute Gasteiger partial charge is 0.188 e. The number of anilines is 2. The molecule has 94 valence electrons. The maximum Gasteiger partial charge on any atom is 0.188 e. The fourth-order valence-corrected chi connectivity index (χ4v) is 2.74. The minimum Gasteiger partial charge on any atom is -0.316 e. The van der Waals surface area contributed by atoms with E-state index in [0.29, 0.717) is 5.92 Å². The van der Waals surface area contributed by atoms with Crippen LogP contribution in [0.25, 0.3) is 0 Å². The van der Waals surface area contributed by atoms with Gasteiger partial charge < -0.3 is 10.6 Å². The highest BCUT2D eigenvalue weighted by Gasteiger charge is 2.20. The Bertz CT molecular complexity index is 493. The van der Waals surface area contributed by atoms with Gasteiger partial charge in [0.1, 0.15) is 0 Å². The van der Waals surface area contributed by atoms with Gasteiger partial charge in [-0.3, -0.25) is 4.98 Å². The summed E-state index contributed by atoms with van der Waals surface area (Å²) in [6.07, 6.45) is 7.62. The second-order valence-electron chi connectivity index (χ2n) is 4.30. The molecule has 1 aliphatic rings. The van der Waals surface area contributed by atoms with Crippen molar-refractivity contribution in [2.45, 2.75) is 18.8 Å². The molecule has 6 heteroatoms. The molecule has 5 nitrogen and oxygen atoms in total. The molecule has 0 aromatic carbocycles. The molecule has 18 heavy (non-hydrogen) atoms. The number of thiazole rings is 1. The first-order valence-corrected chi connectivity index (χ1v) is 6.99. The summed E-state index contributed by atoms with van der Waals surface area (Å²) in [6, 6.07) is 0. The van der Waals surface area contributed by atoms with Gasteiger partial charge >= 0.3 is 0 Å². The maximum absolute atomic E-state index is 4.49. The van der Waals surface area contributed by atoms with Crippen LogP contribution in [0.4, 0.5) is 10.9 Å². The third-order valence-corrected chi connectivity index (χ3v) is 3.76. The molecule has 0 radical (unpaired) electrons. The van der Waals surface area contributed by atoms with Crippen LogP contribution in [-0.2, 0) is 0 Å². The Hall–Kier alpha value is -1.53. The number of rotatable bonds is 3. The third-order valence-electron chi connectivity index (χ3n) is 3.07. The Morgan fingerprint density at radius 3 is 2.94 bits per heavy atom. The molecule has 0 unspecified atom stereocenters. The number of aromatic nitrogens is 3. The van der Waals surface area contributed by atoms with E-state index in [9.17, 15) is 0 Å². The van der Waals surface area contributed by atoms with Crippen LogP contribution < -0.4 is 10.6 Å². The second-order valence-corrected chi connectivity index (χ2v) is 5.19.